The van der Waals surface area contributed by atoms with E-state index in [0.29, 0.717) is 29.9 Å². The van der Waals surface area contributed by atoms with Crippen molar-refractivity contribution in [3.8, 4) is 11.3 Å². The molecule has 1 aliphatic heterocycles. The predicted molar refractivity (Wildman–Crippen MR) is 143 cm³/mol. The monoisotopic (exact) mass is 527 g/mol. The fourth-order valence-electron chi connectivity index (χ4n) is 4.65. The fourth-order valence-corrected chi connectivity index (χ4v) is 4.90. The molecule has 2 atom stereocenters. The van der Waals surface area contributed by atoms with Crippen LogP contribution in [0.4, 0.5) is 10.2 Å². The Hall–Kier alpha value is -3.30. The van der Waals surface area contributed by atoms with Gasteiger partial charge in [0.2, 0.25) is 5.91 Å². The van der Waals surface area contributed by atoms with E-state index in [1.54, 1.807) is 36.3 Å². The fraction of sp³-hybridized carbons (Fsp3) is 0.407. The van der Waals surface area contributed by atoms with Gasteiger partial charge in [-0.3, -0.25) is 9.36 Å². The number of halogens is 2. The van der Waals surface area contributed by atoms with E-state index < -0.39 is 17.1 Å². The van der Waals surface area contributed by atoms with Gasteiger partial charge in [-0.25, -0.2) is 14.2 Å². The third-order valence-corrected chi connectivity index (χ3v) is 7.11. The first-order chi connectivity index (χ1) is 17.5. The molecule has 3 heterocycles. The van der Waals surface area contributed by atoms with Crippen molar-refractivity contribution >= 4 is 34.4 Å². The van der Waals surface area contributed by atoms with Crippen molar-refractivity contribution < 1.29 is 13.9 Å². The first-order valence-corrected chi connectivity index (χ1v) is 12.5. The highest BCUT2D eigenvalue weighted by Crippen LogP contribution is 2.35. The molecule has 2 aromatic heterocycles. The van der Waals surface area contributed by atoms with Crippen LogP contribution in [0.5, 0.6) is 0 Å². The minimum atomic E-state index is -0.697. The number of benzene rings is 1. The maximum absolute atomic E-state index is 14.7. The minimum Gasteiger partial charge on any atom is -0.377 e. The Morgan fingerprint density at radius 1 is 1.24 bits per heavy atom. The number of fused-ring (bicyclic) bond motifs is 1. The van der Waals surface area contributed by atoms with Crippen LogP contribution >= 0.6 is 11.6 Å². The van der Waals surface area contributed by atoms with Crippen molar-refractivity contribution in [2.45, 2.75) is 51.9 Å². The van der Waals surface area contributed by atoms with Crippen LogP contribution < -0.4 is 10.6 Å². The number of carbonyl (C=O) groups is 1. The van der Waals surface area contributed by atoms with E-state index in [0.717, 1.165) is 0 Å². The number of anilines is 1. The summed E-state index contributed by atoms with van der Waals surface area (Å²) < 4.78 is 21.7. The Morgan fingerprint density at radius 2 is 1.95 bits per heavy atom. The average Bonchev–Trinajstić information content (AvgIpc) is 2.86. The van der Waals surface area contributed by atoms with Gasteiger partial charge in [-0.2, -0.15) is 4.98 Å². The van der Waals surface area contributed by atoms with Gasteiger partial charge in [-0.05, 0) is 52.0 Å². The van der Waals surface area contributed by atoms with Gasteiger partial charge >= 0.3 is 5.69 Å². The molecule has 1 amide bonds. The summed E-state index contributed by atoms with van der Waals surface area (Å²) in [6.45, 7) is 12.3. The molecule has 8 nitrogen and oxygen atoms in total. The van der Waals surface area contributed by atoms with Gasteiger partial charge in [0.1, 0.15) is 17.3 Å². The number of hydrogen-bond acceptors (Lipinski definition) is 6. The molecule has 1 aliphatic rings. The number of pyridine rings is 1. The molecule has 0 bridgehead atoms. The standard InChI is InChI=1S/C27H31ClFN5O3/c1-7-22(35)32-13-17(3)33(14-16(32)2)25-19-12-20(28)23(18-10-8-9-11-21(18)29)30-24(19)34(26(36)31-25)15-27(4,5)37-6/h7-12,16-17H,1,13-15H2,2-6H3/t16-,17+/m1/s1. The van der Waals surface area contributed by atoms with Crippen LogP contribution in [0.25, 0.3) is 22.3 Å². The molecular formula is C27H31ClFN5O3. The van der Waals surface area contributed by atoms with Gasteiger partial charge in [-0.1, -0.05) is 30.3 Å². The van der Waals surface area contributed by atoms with E-state index in [4.69, 9.17) is 21.3 Å². The molecule has 0 aliphatic carbocycles. The molecule has 3 aromatic rings. The summed E-state index contributed by atoms with van der Waals surface area (Å²) in [5, 5.41) is 0.789. The van der Waals surface area contributed by atoms with Gasteiger partial charge in [0.05, 0.1) is 28.2 Å². The van der Waals surface area contributed by atoms with Crippen LogP contribution in [0.1, 0.15) is 27.7 Å². The summed E-state index contributed by atoms with van der Waals surface area (Å²) in [6, 6.07) is 7.62. The van der Waals surface area contributed by atoms with Gasteiger partial charge < -0.3 is 14.5 Å². The zero-order valence-corrected chi connectivity index (χ0v) is 22.4. The summed E-state index contributed by atoms with van der Waals surface area (Å²) in [5.41, 5.74) is -0.414. The van der Waals surface area contributed by atoms with Crippen molar-refractivity contribution in [1.29, 1.82) is 0 Å². The largest absolute Gasteiger partial charge is 0.377 e. The number of methoxy groups -OCH3 is 1. The van der Waals surface area contributed by atoms with E-state index in [-0.39, 0.29) is 40.8 Å². The first kappa shape index (κ1) is 26.8. The summed E-state index contributed by atoms with van der Waals surface area (Å²) >= 11 is 6.67. The third-order valence-electron chi connectivity index (χ3n) is 6.82. The molecule has 0 saturated carbocycles. The number of aromatic nitrogens is 3. The number of ether oxygens (including phenoxy) is 1. The van der Waals surface area contributed by atoms with Crippen LogP contribution in [-0.4, -0.2) is 63.2 Å². The summed E-state index contributed by atoms with van der Waals surface area (Å²) in [4.78, 5) is 38.7. The number of hydrogen-bond donors (Lipinski definition) is 0. The molecule has 0 radical (unpaired) electrons. The lowest BCUT2D eigenvalue weighted by Gasteiger charge is -2.44. The molecule has 1 saturated heterocycles. The zero-order chi connectivity index (χ0) is 27.1. The Balaban J connectivity index is 1.94. The number of carbonyl (C=O) groups excluding carboxylic acids is 1. The molecule has 4 rings (SSSR count). The van der Waals surface area contributed by atoms with Gasteiger partial charge in [0.15, 0.2) is 0 Å². The Morgan fingerprint density at radius 3 is 2.59 bits per heavy atom. The zero-order valence-electron chi connectivity index (χ0n) is 21.7. The minimum absolute atomic E-state index is 0.144. The maximum atomic E-state index is 14.7. The van der Waals surface area contributed by atoms with Crippen LogP contribution in [-0.2, 0) is 16.1 Å². The van der Waals surface area contributed by atoms with Crippen LogP contribution in [0.2, 0.25) is 5.02 Å². The third kappa shape index (κ3) is 5.10. The smallest absolute Gasteiger partial charge is 0.351 e. The van der Waals surface area contributed by atoms with Crippen LogP contribution in [0.3, 0.4) is 0 Å². The lowest BCUT2D eigenvalue weighted by atomic mass is 10.1. The van der Waals surface area contributed by atoms with Crippen molar-refractivity contribution in [2.24, 2.45) is 0 Å². The lowest BCUT2D eigenvalue weighted by Crippen LogP contribution is -2.58. The van der Waals surface area contributed by atoms with E-state index >= 15 is 0 Å². The van der Waals surface area contributed by atoms with Crippen molar-refractivity contribution in [2.75, 3.05) is 25.1 Å². The van der Waals surface area contributed by atoms with E-state index in [2.05, 4.69) is 11.6 Å². The van der Waals surface area contributed by atoms with Crippen LogP contribution in [0.15, 0.2) is 47.8 Å². The first-order valence-electron chi connectivity index (χ1n) is 12.1. The second-order valence-corrected chi connectivity index (χ2v) is 10.4. The molecule has 10 heteroatoms. The Kier molecular flexibility index (Phi) is 7.39. The molecule has 0 spiro atoms. The van der Waals surface area contributed by atoms with Crippen molar-refractivity contribution in [3.05, 3.63) is 64.3 Å². The second kappa shape index (κ2) is 10.2. The number of nitrogens with zero attached hydrogens (tertiary/aromatic N) is 5. The van der Waals surface area contributed by atoms with E-state index in [1.165, 1.54) is 16.7 Å². The number of amides is 1. The quantitative estimate of drug-likeness (QED) is 0.445. The molecule has 37 heavy (non-hydrogen) atoms. The Labute approximate surface area is 220 Å². The van der Waals surface area contributed by atoms with Gasteiger partial charge in [0.25, 0.3) is 0 Å². The SMILES string of the molecule is C=CC(=O)N1C[C@H](C)N(c2nc(=O)n(CC(C)(C)OC)c3nc(-c4ccccc4F)c(Cl)cc23)C[C@H]1C. The topological polar surface area (TPSA) is 80.6 Å². The highest BCUT2D eigenvalue weighted by molar-refractivity contribution is 6.33. The lowest BCUT2D eigenvalue weighted by molar-refractivity contribution is -0.128. The maximum Gasteiger partial charge on any atom is 0.351 e. The summed E-state index contributed by atoms with van der Waals surface area (Å²) in [5.74, 6) is -0.193. The number of rotatable bonds is 6. The number of piperazine rings is 1. The van der Waals surface area contributed by atoms with Crippen LogP contribution in [0, 0.1) is 5.82 Å². The second-order valence-electron chi connectivity index (χ2n) is 9.98. The van der Waals surface area contributed by atoms with Crippen molar-refractivity contribution in [1.82, 2.24) is 19.4 Å². The summed E-state index contributed by atoms with van der Waals surface area (Å²) in [7, 11) is 1.57. The molecule has 0 unspecified atom stereocenters. The Bertz CT molecular complexity index is 1420. The molecule has 1 aromatic carbocycles. The summed E-state index contributed by atoms with van der Waals surface area (Å²) in [6.07, 6.45) is 1.30. The molecular weight excluding hydrogens is 497 g/mol. The molecule has 1 fully saturated rings. The molecule has 196 valence electrons. The highest BCUT2D eigenvalue weighted by Gasteiger charge is 2.34. The molecule has 0 N–H and O–H groups in total. The normalized spacial score (nSPS) is 18.4. The predicted octanol–water partition coefficient (Wildman–Crippen LogP) is 4.29. The van der Waals surface area contributed by atoms with E-state index in [9.17, 15) is 14.0 Å². The van der Waals surface area contributed by atoms with E-state index in [1.807, 2.05) is 32.6 Å². The average molecular weight is 528 g/mol. The van der Waals surface area contributed by atoms with Crippen molar-refractivity contribution in [3.63, 3.8) is 0 Å². The van der Waals surface area contributed by atoms with Gasteiger partial charge in [0, 0.05) is 37.8 Å². The van der Waals surface area contributed by atoms with Gasteiger partial charge in [-0.15, -0.1) is 0 Å². The highest BCUT2D eigenvalue weighted by atomic mass is 35.5.